The van der Waals surface area contributed by atoms with Crippen LogP contribution in [-0.2, 0) is 6.42 Å². The smallest absolute Gasteiger partial charge is 0.0171 e. The van der Waals surface area contributed by atoms with Gasteiger partial charge in [0, 0.05) is 3.57 Å². The molecule has 0 saturated carbocycles. The quantitative estimate of drug-likeness (QED) is 0.684. The van der Waals surface area contributed by atoms with Crippen molar-refractivity contribution in [3.05, 3.63) is 68.8 Å². The Labute approximate surface area is 109 Å². The second-order valence-electron chi connectivity index (χ2n) is 4.02. The van der Waals surface area contributed by atoms with Crippen LogP contribution in [0.15, 0.2) is 48.5 Å². The van der Waals surface area contributed by atoms with Gasteiger partial charge in [-0.25, -0.2) is 0 Å². The van der Waals surface area contributed by atoms with Crippen LogP contribution in [0, 0.1) is 3.57 Å². The maximum Gasteiger partial charge on any atom is 0.0171 e. The molecular weight excluding hydrogens is 307 g/mol. The molecule has 3 rings (SSSR count). The summed E-state index contributed by atoms with van der Waals surface area (Å²) >= 11 is 2.42. The summed E-state index contributed by atoms with van der Waals surface area (Å²) in [7, 11) is 0. The lowest BCUT2D eigenvalue weighted by Crippen LogP contribution is -1.88. The molecule has 0 saturated heterocycles. The Balaban J connectivity index is 2.04. The van der Waals surface area contributed by atoms with Gasteiger partial charge >= 0.3 is 0 Å². The highest BCUT2D eigenvalue weighted by Gasteiger charge is 2.15. The first-order chi connectivity index (χ1) is 7.84. The Bertz CT molecular complexity index is 553. The standard InChI is InChI=1S/C15H11I/c16-15-8-4-7-12-9-13(10-14(12)15)11-5-2-1-3-6-11/h1-9H,10H2. The molecule has 0 atom stereocenters. The second kappa shape index (κ2) is 4.06. The molecule has 0 unspecified atom stereocenters. The van der Waals surface area contributed by atoms with Gasteiger partial charge < -0.3 is 0 Å². The monoisotopic (exact) mass is 318 g/mol. The molecule has 1 aliphatic rings. The number of rotatable bonds is 1. The van der Waals surface area contributed by atoms with Crippen molar-refractivity contribution in [1.82, 2.24) is 0 Å². The van der Waals surface area contributed by atoms with Crippen LogP contribution in [0.1, 0.15) is 16.7 Å². The number of fused-ring (bicyclic) bond motifs is 1. The van der Waals surface area contributed by atoms with Crippen LogP contribution in [0.3, 0.4) is 0 Å². The van der Waals surface area contributed by atoms with Crippen LogP contribution in [0.5, 0.6) is 0 Å². The van der Waals surface area contributed by atoms with Gasteiger partial charge in [0.15, 0.2) is 0 Å². The minimum atomic E-state index is 1.07. The highest BCUT2D eigenvalue weighted by Crippen LogP contribution is 2.33. The van der Waals surface area contributed by atoms with E-state index in [0.717, 1.165) is 6.42 Å². The van der Waals surface area contributed by atoms with Gasteiger partial charge in [0.25, 0.3) is 0 Å². The average molecular weight is 318 g/mol. The van der Waals surface area contributed by atoms with E-state index in [1.165, 1.54) is 25.8 Å². The molecule has 2 aromatic carbocycles. The topological polar surface area (TPSA) is 0 Å². The van der Waals surface area contributed by atoms with E-state index in [9.17, 15) is 0 Å². The minimum absolute atomic E-state index is 1.07. The van der Waals surface area contributed by atoms with Crippen LogP contribution in [0.25, 0.3) is 11.6 Å². The van der Waals surface area contributed by atoms with Crippen molar-refractivity contribution in [1.29, 1.82) is 0 Å². The molecule has 0 heterocycles. The fourth-order valence-electron chi connectivity index (χ4n) is 2.16. The van der Waals surface area contributed by atoms with Crippen molar-refractivity contribution in [3.8, 4) is 0 Å². The van der Waals surface area contributed by atoms with Crippen molar-refractivity contribution in [3.63, 3.8) is 0 Å². The molecule has 16 heavy (non-hydrogen) atoms. The molecular formula is C15H11I. The Morgan fingerprint density at radius 1 is 0.875 bits per heavy atom. The van der Waals surface area contributed by atoms with Crippen molar-refractivity contribution in [2.45, 2.75) is 6.42 Å². The van der Waals surface area contributed by atoms with Gasteiger partial charge in [0.05, 0.1) is 0 Å². The number of benzene rings is 2. The first-order valence-electron chi connectivity index (χ1n) is 5.38. The average Bonchev–Trinajstić information content (AvgIpc) is 2.76. The van der Waals surface area contributed by atoms with Crippen molar-refractivity contribution in [2.75, 3.05) is 0 Å². The summed E-state index contributed by atoms with van der Waals surface area (Å²) < 4.78 is 1.37. The summed E-state index contributed by atoms with van der Waals surface area (Å²) in [5.74, 6) is 0. The molecule has 0 radical (unpaired) electrons. The van der Waals surface area contributed by atoms with Crippen LogP contribution < -0.4 is 0 Å². The summed E-state index contributed by atoms with van der Waals surface area (Å²) in [4.78, 5) is 0. The molecule has 0 aromatic heterocycles. The molecule has 0 N–H and O–H groups in total. The molecule has 2 aromatic rings. The van der Waals surface area contributed by atoms with E-state index in [1.54, 1.807) is 0 Å². The van der Waals surface area contributed by atoms with Crippen LogP contribution in [-0.4, -0.2) is 0 Å². The number of hydrogen-bond donors (Lipinski definition) is 0. The molecule has 0 nitrogen and oxygen atoms in total. The van der Waals surface area contributed by atoms with Gasteiger partial charge in [-0.05, 0) is 57.3 Å². The zero-order valence-corrected chi connectivity index (χ0v) is 10.9. The predicted molar refractivity (Wildman–Crippen MR) is 77.2 cm³/mol. The molecule has 0 amide bonds. The van der Waals surface area contributed by atoms with E-state index in [0.29, 0.717) is 0 Å². The van der Waals surface area contributed by atoms with Gasteiger partial charge in [-0.15, -0.1) is 0 Å². The Morgan fingerprint density at radius 3 is 2.44 bits per heavy atom. The zero-order chi connectivity index (χ0) is 11.0. The fourth-order valence-corrected chi connectivity index (χ4v) is 2.87. The minimum Gasteiger partial charge on any atom is -0.0622 e. The van der Waals surface area contributed by atoms with E-state index >= 15 is 0 Å². The lowest BCUT2D eigenvalue weighted by atomic mass is 10.0. The normalized spacial score (nSPS) is 13.4. The highest BCUT2D eigenvalue weighted by atomic mass is 127. The third-order valence-electron chi connectivity index (χ3n) is 3.00. The molecule has 0 spiro atoms. The first-order valence-corrected chi connectivity index (χ1v) is 6.46. The lowest BCUT2D eigenvalue weighted by molar-refractivity contribution is 1.29. The number of allylic oxidation sites excluding steroid dienone is 1. The molecule has 1 heteroatoms. The van der Waals surface area contributed by atoms with Gasteiger partial charge in [0.2, 0.25) is 0 Å². The second-order valence-corrected chi connectivity index (χ2v) is 5.18. The lowest BCUT2D eigenvalue weighted by Gasteiger charge is -2.03. The molecule has 0 aliphatic heterocycles. The van der Waals surface area contributed by atoms with E-state index < -0.39 is 0 Å². The van der Waals surface area contributed by atoms with Crippen molar-refractivity contribution < 1.29 is 0 Å². The summed E-state index contributed by atoms with van der Waals surface area (Å²) in [6, 6.07) is 17.2. The van der Waals surface area contributed by atoms with E-state index in [4.69, 9.17) is 0 Å². The van der Waals surface area contributed by atoms with E-state index in [-0.39, 0.29) is 0 Å². The Morgan fingerprint density at radius 2 is 1.69 bits per heavy atom. The van der Waals surface area contributed by atoms with Crippen LogP contribution in [0.2, 0.25) is 0 Å². The molecule has 0 bridgehead atoms. The van der Waals surface area contributed by atoms with Gasteiger partial charge in [-0.3, -0.25) is 0 Å². The van der Waals surface area contributed by atoms with E-state index in [1.807, 2.05) is 0 Å². The first kappa shape index (κ1) is 10.1. The van der Waals surface area contributed by atoms with Crippen molar-refractivity contribution in [2.24, 2.45) is 0 Å². The third kappa shape index (κ3) is 1.69. The molecule has 0 fully saturated rings. The Kier molecular flexibility index (Phi) is 2.56. The molecule has 78 valence electrons. The summed E-state index contributed by atoms with van der Waals surface area (Å²) in [5, 5.41) is 0. The third-order valence-corrected chi connectivity index (χ3v) is 4.01. The van der Waals surface area contributed by atoms with Crippen molar-refractivity contribution >= 4 is 34.2 Å². The maximum atomic E-state index is 2.42. The summed E-state index contributed by atoms with van der Waals surface area (Å²) in [5.41, 5.74) is 5.63. The Hall–Kier alpha value is -1.09. The SMILES string of the molecule is Ic1cccc2c1CC(c1ccccc1)=C2. The van der Waals surface area contributed by atoms with Gasteiger partial charge in [0.1, 0.15) is 0 Å². The van der Waals surface area contributed by atoms with Crippen LogP contribution >= 0.6 is 22.6 Å². The summed E-state index contributed by atoms with van der Waals surface area (Å²) in [6.07, 6.45) is 3.38. The van der Waals surface area contributed by atoms with E-state index in [2.05, 4.69) is 77.2 Å². The highest BCUT2D eigenvalue weighted by molar-refractivity contribution is 14.1. The van der Waals surface area contributed by atoms with Crippen LogP contribution in [0.4, 0.5) is 0 Å². The molecule has 1 aliphatic carbocycles. The van der Waals surface area contributed by atoms with Gasteiger partial charge in [-0.2, -0.15) is 0 Å². The van der Waals surface area contributed by atoms with Gasteiger partial charge in [-0.1, -0.05) is 48.5 Å². The summed E-state index contributed by atoms with van der Waals surface area (Å²) in [6.45, 7) is 0. The zero-order valence-electron chi connectivity index (χ0n) is 8.78. The maximum absolute atomic E-state index is 2.42. The number of hydrogen-bond acceptors (Lipinski definition) is 0. The largest absolute Gasteiger partial charge is 0.0622 e. The fraction of sp³-hybridized carbons (Fsp3) is 0.0667. The predicted octanol–water partition coefficient (Wildman–Crippen LogP) is 4.39. The number of halogens is 1.